The molecule has 1 aromatic carbocycles. The fourth-order valence-electron chi connectivity index (χ4n) is 2.42. The van der Waals surface area contributed by atoms with E-state index >= 15 is 0 Å². The van der Waals surface area contributed by atoms with E-state index in [4.69, 9.17) is 4.74 Å². The maximum Gasteiger partial charge on any atom is 0.202 e. The lowest BCUT2D eigenvalue weighted by molar-refractivity contribution is 0.415. The van der Waals surface area contributed by atoms with Crippen LogP contribution in [0.5, 0.6) is 5.75 Å². The standard InChI is InChI=1S/C18H15N7O/c1-26-14-7-5-12(6-8-14)16-18(22-13-10-20-21-11-13)23-17(25-24-16)15-4-2-3-9-19-15/h2-11H,1H3,(H,20,21)(H,22,23,25). The van der Waals surface area contributed by atoms with Crippen LogP contribution in [0.1, 0.15) is 0 Å². The Morgan fingerprint density at radius 2 is 1.92 bits per heavy atom. The van der Waals surface area contributed by atoms with Gasteiger partial charge in [0.05, 0.1) is 19.0 Å². The zero-order valence-electron chi connectivity index (χ0n) is 13.9. The Kier molecular flexibility index (Phi) is 4.21. The third kappa shape index (κ3) is 3.20. The molecule has 0 bridgehead atoms. The maximum absolute atomic E-state index is 5.21. The van der Waals surface area contributed by atoms with Crippen LogP contribution in [0.3, 0.4) is 0 Å². The first kappa shape index (κ1) is 15.7. The first-order chi connectivity index (χ1) is 12.8. The van der Waals surface area contributed by atoms with Gasteiger partial charge in [-0.05, 0) is 36.4 Å². The van der Waals surface area contributed by atoms with Gasteiger partial charge in [0.15, 0.2) is 5.82 Å². The molecule has 0 fully saturated rings. The number of hydrogen-bond acceptors (Lipinski definition) is 7. The predicted octanol–water partition coefficient (Wildman–Crippen LogP) is 3.08. The van der Waals surface area contributed by atoms with Crippen LogP contribution in [0.4, 0.5) is 11.5 Å². The normalized spacial score (nSPS) is 10.5. The van der Waals surface area contributed by atoms with Crippen LogP contribution < -0.4 is 10.1 Å². The van der Waals surface area contributed by atoms with Crippen LogP contribution in [0.15, 0.2) is 61.1 Å². The van der Waals surface area contributed by atoms with Crippen LogP contribution in [-0.4, -0.2) is 37.5 Å². The van der Waals surface area contributed by atoms with Crippen molar-refractivity contribution < 1.29 is 4.74 Å². The van der Waals surface area contributed by atoms with E-state index in [1.807, 2.05) is 42.5 Å². The largest absolute Gasteiger partial charge is 0.497 e. The van der Waals surface area contributed by atoms with Gasteiger partial charge in [-0.1, -0.05) is 6.07 Å². The van der Waals surface area contributed by atoms with Crippen LogP contribution >= 0.6 is 0 Å². The van der Waals surface area contributed by atoms with Gasteiger partial charge in [0, 0.05) is 18.0 Å². The fraction of sp³-hybridized carbons (Fsp3) is 0.0556. The van der Waals surface area contributed by atoms with Crippen molar-refractivity contribution >= 4 is 11.5 Å². The van der Waals surface area contributed by atoms with Gasteiger partial charge in [-0.15, -0.1) is 10.2 Å². The van der Waals surface area contributed by atoms with Crippen LogP contribution in [-0.2, 0) is 0 Å². The molecular formula is C18H15N7O. The molecule has 0 spiro atoms. The Hall–Kier alpha value is -3.81. The molecule has 0 aliphatic rings. The molecule has 3 aromatic heterocycles. The molecule has 4 rings (SSSR count). The molecule has 0 saturated heterocycles. The molecule has 0 aliphatic carbocycles. The summed E-state index contributed by atoms with van der Waals surface area (Å²) in [5, 5.41) is 18.5. The zero-order valence-corrected chi connectivity index (χ0v) is 13.9. The molecule has 8 nitrogen and oxygen atoms in total. The monoisotopic (exact) mass is 345 g/mol. The van der Waals surface area contributed by atoms with Gasteiger partial charge >= 0.3 is 0 Å². The molecule has 26 heavy (non-hydrogen) atoms. The zero-order chi connectivity index (χ0) is 17.8. The second-order valence-electron chi connectivity index (χ2n) is 5.39. The first-order valence-corrected chi connectivity index (χ1v) is 7.90. The quantitative estimate of drug-likeness (QED) is 0.573. The van der Waals surface area contributed by atoms with Crippen LogP contribution in [0.2, 0.25) is 0 Å². The topological polar surface area (TPSA) is 102 Å². The summed E-state index contributed by atoms with van der Waals surface area (Å²) in [6.07, 6.45) is 5.10. The Balaban J connectivity index is 1.78. The first-order valence-electron chi connectivity index (χ1n) is 7.90. The number of benzene rings is 1. The minimum Gasteiger partial charge on any atom is -0.497 e. The molecule has 0 amide bonds. The summed E-state index contributed by atoms with van der Waals surface area (Å²) < 4.78 is 5.21. The minimum atomic E-state index is 0.439. The lowest BCUT2D eigenvalue weighted by atomic mass is 10.1. The van der Waals surface area contributed by atoms with Crippen molar-refractivity contribution in [3.05, 3.63) is 61.1 Å². The van der Waals surface area contributed by atoms with Crippen molar-refractivity contribution in [2.75, 3.05) is 12.4 Å². The number of pyridine rings is 1. The average molecular weight is 345 g/mol. The smallest absolute Gasteiger partial charge is 0.202 e. The number of ether oxygens (including phenoxy) is 1. The molecule has 8 heteroatoms. The van der Waals surface area contributed by atoms with Crippen molar-refractivity contribution in [1.29, 1.82) is 0 Å². The van der Waals surface area contributed by atoms with E-state index in [2.05, 4.69) is 35.7 Å². The Labute approximate surface area is 149 Å². The van der Waals surface area contributed by atoms with Gasteiger partial charge in [0.2, 0.25) is 5.82 Å². The molecule has 0 saturated carbocycles. The number of rotatable bonds is 5. The molecule has 2 N–H and O–H groups in total. The number of aromatic nitrogens is 6. The lowest BCUT2D eigenvalue weighted by Gasteiger charge is -2.10. The summed E-state index contributed by atoms with van der Waals surface area (Å²) in [5.41, 5.74) is 2.90. The van der Waals surface area contributed by atoms with Crippen molar-refractivity contribution in [2.45, 2.75) is 0 Å². The highest BCUT2D eigenvalue weighted by molar-refractivity contribution is 5.75. The van der Waals surface area contributed by atoms with Gasteiger partial charge < -0.3 is 10.1 Å². The highest BCUT2D eigenvalue weighted by atomic mass is 16.5. The number of nitrogens with zero attached hydrogens (tertiary/aromatic N) is 5. The third-order valence-electron chi connectivity index (χ3n) is 3.71. The van der Waals surface area contributed by atoms with E-state index in [1.165, 1.54) is 0 Å². The highest BCUT2D eigenvalue weighted by Crippen LogP contribution is 2.28. The third-order valence-corrected chi connectivity index (χ3v) is 3.71. The Bertz CT molecular complexity index is 986. The van der Waals surface area contributed by atoms with Gasteiger partial charge in [-0.3, -0.25) is 10.1 Å². The number of hydrogen-bond donors (Lipinski definition) is 2. The van der Waals surface area contributed by atoms with E-state index in [9.17, 15) is 0 Å². The number of nitrogens with one attached hydrogen (secondary N) is 2. The summed E-state index contributed by atoms with van der Waals surface area (Å²) in [6, 6.07) is 13.1. The minimum absolute atomic E-state index is 0.439. The summed E-state index contributed by atoms with van der Waals surface area (Å²) in [5.74, 6) is 1.77. The van der Waals surface area contributed by atoms with Gasteiger partial charge in [-0.2, -0.15) is 5.10 Å². The van der Waals surface area contributed by atoms with Gasteiger partial charge in [0.1, 0.15) is 17.1 Å². The highest BCUT2D eigenvalue weighted by Gasteiger charge is 2.14. The average Bonchev–Trinajstić information content (AvgIpc) is 3.22. The molecular weight excluding hydrogens is 330 g/mol. The van der Waals surface area contributed by atoms with Gasteiger partial charge in [0.25, 0.3) is 0 Å². The summed E-state index contributed by atoms with van der Waals surface area (Å²) in [7, 11) is 1.63. The van der Waals surface area contributed by atoms with Gasteiger partial charge in [-0.25, -0.2) is 4.98 Å². The molecule has 128 valence electrons. The van der Waals surface area contributed by atoms with E-state index in [0.717, 1.165) is 17.0 Å². The van der Waals surface area contributed by atoms with Crippen molar-refractivity contribution in [3.63, 3.8) is 0 Å². The lowest BCUT2D eigenvalue weighted by Crippen LogP contribution is -2.03. The summed E-state index contributed by atoms with van der Waals surface area (Å²) >= 11 is 0. The van der Waals surface area contributed by atoms with E-state index in [0.29, 0.717) is 23.0 Å². The van der Waals surface area contributed by atoms with Crippen molar-refractivity contribution in [1.82, 2.24) is 30.4 Å². The fourth-order valence-corrected chi connectivity index (χ4v) is 2.42. The van der Waals surface area contributed by atoms with E-state index in [1.54, 1.807) is 25.7 Å². The van der Waals surface area contributed by atoms with Crippen molar-refractivity contribution in [2.24, 2.45) is 0 Å². The molecule has 0 radical (unpaired) electrons. The van der Waals surface area contributed by atoms with Crippen LogP contribution in [0.25, 0.3) is 22.8 Å². The molecule has 4 aromatic rings. The number of aromatic amines is 1. The molecule has 0 unspecified atom stereocenters. The van der Waals surface area contributed by atoms with E-state index in [-0.39, 0.29) is 0 Å². The maximum atomic E-state index is 5.21. The Morgan fingerprint density at radius 1 is 1.04 bits per heavy atom. The number of methoxy groups -OCH3 is 1. The summed E-state index contributed by atoms with van der Waals surface area (Å²) in [6.45, 7) is 0. The predicted molar refractivity (Wildman–Crippen MR) is 96.9 cm³/mol. The Morgan fingerprint density at radius 3 is 2.62 bits per heavy atom. The molecule has 0 atom stereocenters. The van der Waals surface area contributed by atoms with E-state index < -0.39 is 0 Å². The molecule has 3 heterocycles. The SMILES string of the molecule is COc1ccc(-c2nnc(-c3ccccn3)nc2Nc2cn[nH]c2)cc1. The molecule has 0 aliphatic heterocycles. The van der Waals surface area contributed by atoms with Crippen LogP contribution in [0, 0.1) is 0 Å². The van der Waals surface area contributed by atoms with Crippen molar-refractivity contribution in [3.8, 4) is 28.5 Å². The summed E-state index contributed by atoms with van der Waals surface area (Å²) in [4.78, 5) is 8.90. The second-order valence-corrected chi connectivity index (χ2v) is 5.39. The second kappa shape index (κ2) is 6.98. The number of anilines is 2. The number of H-pyrrole nitrogens is 1.